The highest BCUT2D eigenvalue weighted by atomic mass is 15.0. The second-order valence-corrected chi connectivity index (χ2v) is 5.07. The zero-order valence-electron chi connectivity index (χ0n) is 11.0. The number of hydrogen-bond acceptors (Lipinski definition) is 2. The van der Waals surface area contributed by atoms with Gasteiger partial charge < -0.3 is 10.3 Å². The number of H-pyrrole nitrogens is 1. The Balaban J connectivity index is 2.02. The van der Waals surface area contributed by atoms with Gasteiger partial charge in [0.2, 0.25) is 0 Å². The molecule has 3 heteroatoms. The predicted octanol–water partition coefficient (Wildman–Crippen LogP) is 2.98. The lowest BCUT2D eigenvalue weighted by Gasteiger charge is -2.01. The van der Waals surface area contributed by atoms with E-state index in [1.54, 1.807) is 0 Å². The fourth-order valence-electron chi connectivity index (χ4n) is 2.39. The lowest BCUT2D eigenvalue weighted by atomic mass is 10.1. The van der Waals surface area contributed by atoms with Gasteiger partial charge in [-0.25, -0.2) is 4.98 Å². The molecule has 1 aliphatic rings. The van der Waals surface area contributed by atoms with Crippen LogP contribution in [0.3, 0.4) is 0 Å². The van der Waals surface area contributed by atoms with Gasteiger partial charge in [-0.2, -0.15) is 0 Å². The molecule has 0 radical (unpaired) electrons. The Kier molecular flexibility index (Phi) is 2.92. The minimum absolute atomic E-state index is 0.683. The topological polar surface area (TPSA) is 40.7 Å². The monoisotopic (exact) mass is 241 g/mol. The minimum Gasteiger partial charge on any atom is -0.341 e. The number of aromatic nitrogens is 2. The molecule has 94 valence electrons. The Morgan fingerprint density at radius 1 is 1.33 bits per heavy atom. The van der Waals surface area contributed by atoms with E-state index in [0.29, 0.717) is 5.92 Å². The maximum Gasteiger partial charge on any atom is 0.138 e. The summed E-state index contributed by atoms with van der Waals surface area (Å²) < 4.78 is 0. The second kappa shape index (κ2) is 4.58. The zero-order chi connectivity index (χ0) is 12.5. The first kappa shape index (κ1) is 11.5. The molecule has 2 aromatic rings. The van der Waals surface area contributed by atoms with E-state index in [1.165, 1.54) is 35.4 Å². The third-order valence-corrected chi connectivity index (χ3v) is 3.53. The van der Waals surface area contributed by atoms with E-state index in [0.717, 1.165) is 12.4 Å². The molecule has 0 atom stereocenters. The van der Waals surface area contributed by atoms with Crippen LogP contribution in [0.25, 0.3) is 11.4 Å². The van der Waals surface area contributed by atoms with Crippen LogP contribution in [0.4, 0.5) is 0 Å². The molecule has 1 heterocycles. The quantitative estimate of drug-likeness (QED) is 0.864. The maximum atomic E-state index is 4.83. The number of aryl methyl sites for hydroxylation is 1. The Morgan fingerprint density at radius 2 is 2.11 bits per heavy atom. The van der Waals surface area contributed by atoms with Gasteiger partial charge in [0.15, 0.2) is 0 Å². The van der Waals surface area contributed by atoms with Crippen molar-refractivity contribution in [1.29, 1.82) is 0 Å². The number of nitrogens with zero attached hydrogens (tertiary/aromatic N) is 1. The van der Waals surface area contributed by atoms with E-state index in [-0.39, 0.29) is 0 Å². The number of hydrogen-bond donors (Lipinski definition) is 2. The Morgan fingerprint density at radius 3 is 2.78 bits per heavy atom. The molecule has 1 saturated carbocycles. The van der Waals surface area contributed by atoms with Crippen molar-refractivity contribution in [2.45, 2.75) is 32.2 Å². The van der Waals surface area contributed by atoms with Gasteiger partial charge in [0.05, 0.1) is 11.4 Å². The Hall–Kier alpha value is -1.61. The van der Waals surface area contributed by atoms with Crippen molar-refractivity contribution in [3.63, 3.8) is 0 Å². The number of nitrogens with one attached hydrogen (secondary N) is 2. The van der Waals surface area contributed by atoms with E-state index in [2.05, 4.69) is 41.5 Å². The second-order valence-electron chi connectivity index (χ2n) is 5.07. The van der Waals surface area contributed by atoms with Gasteiger partial charge in [-0.1, -0.05) is 24.3 Å². The molecular weight excluding hydrogens is 222 g/mol. The molecule has 3 rings (SSSR count). The fraction of sp³-hybridized carbons (Fsp3) is 0.400. The van der Waals surface area contributed by atoms with Crippen LogP contribution in [0.1, 0.15) is 35.7 Å². The largest absolute Gasteiger partial charge is 0.341 e. The summed E-state index contributed by atoms with van der Waals surface area (Å²) in [5.41, 5.74) is 4.99. The standard InChI is InChI=1S/C15H19N3/c1-10-5-3-4-6-12(10)15-17-13(9-16-2)14(18-15)11-7-8-11/h3-6,11,16H,7-9H2,1-2H3,(H,17,18). The van der Waals surface area contributed by atoms with Gasteiger partial charge in [-0.15, -0.1) is 0 Å². The van der Waals surface area contributed by atoms with Crippen molar-refractivity contribution in [2.24, 2.45) is 0 Å². The molecule has 1 aromatic carbocycles. The minimum atomic E-state index is 0.683. The SMILES string of the molecule is CNCc1[nH]c(-c2ccccc2C)nc1C1CC1. The molecular formula is C15H19N3. The normalized spacial score (nSPS) is 15.0. The predicted molar refractivity (Wildman–Crippen MR) is 73.5 cm³/mol. The molecule has 1 aromatic heterocycles. The van der Waals surface area contributed by atoms with Crippen molar-refractivity contribution < 1.29 is 0 Å². The Labute approximate surface area is 108 Å². The lowest BCUT2D eigenvalue weighted by Crippen LogP contribution is -2.07. The molecule has 1 aliphatic carbocycles. The summed E-state index contributed by atoms with van der Waals surface area (Å²) in [6.45, 7) is 3.00. The first-order valence-corrected chi connectivity index (χ1v) is 6.59. The lowest BCUT2D eigenvalue weighted by molar-refractivity contribution is 0.782. The molecule has 0 saturated heterocycles. The van der Waals surface area contributed by atoms with Crippen LogP contribution in [0.5, 0.6) is 0 Å². The molecule has 3 nitrogen and oxygen atoms in total. The van der Waals surface area contributed by atoms with Crippen molar-refractivity contribution in [2.75, 3.05) is 7.05 Å². The van der Waals surface area contributed by atoms with Crippen molar-refractivity contribution >= 4 is 0 Å². The van der Waals surface area contributed by atoms with E-state index < -0.39 is 0 Å². The summed E-state index contributed by atoms with van der Waals surface area (Å²) in [7, 11) is 1.98. The first-order valence-electron chi connectivity index (χ1n) is 6.59. The summed E-state index contributed by atoms with van der Waals surface area (Å²) in [6.07, 6.45) is 2.57. The van der Waals surface area contributed by atoms with E-state index in [4.69, 9.17) is 4.98 Å². The fourth-order valence-corrected chi connectivity index (χ4v) is 2.39. The smallest absolute Gasteiger partial charge is 0.138 e. The van der Waals surface area contributed by atoms with E-state index >= 15 is 0 Å². The summed E-state index contributed by atoms with van der Waals surface area (Å²) in [4.78, 5) is 8.31. The van der Waals surface area contributed by atoms with Gasteiger partial charge in [0.25, 0.3) is 0 Å². The van der Waals surface area contributed by atoms with Gasteiger partial charge in [-0.3, -0.25) is 0 Å². The van der Waals surface area contributed by atoms with Crippen LogP contribution in [0.2, 0.25) is 0 Å². The van der Waals surface area contributed by atoms with Crippen molar-refractivity contribution in [3.05, 3.63) is 41.2 Å². The highest BCUT2D eigenvalue weighted by Crippen LogP contribution is 2.41. The van der Waals surface area contributed by atoms with Crippen molar-refractivity contribution in [3.8, 4) is 11.4 Å². The summed E-state index contributed by atoms with van der Waals surface area (Å²) in [6, 6.07) is 8.40. The zero-order valence-corrected chi connectivity index (χ0v) is 11.0. The third kappa shape index (κ3) is 2.06. The Bertz CT molecular complexity index is 553. The summed E-state index contributed by atoms with van der Waals surface area (Å²) in [5.74, 6) is 1.70. The number of rotatable bonds is 4. The molecule has 2 N–H and O–H groups in total. The van der Waals surface area contributed by atoms with Gasteiger partial charge in [-0.05, 0) is 32.4 Å². The van der Waals surface area contributed by atoms with Gasteiger partial charge in [0, 0.05) is 18.0 Å². The van der Waals surface area contributed by atoms with Gasteiger partial charge >= 0.3 is 0 Å². The molecule has 0 aliphatic heterocycles. The number of aromatic amines is 1. The van der Waals surface area contributed by atoms with Crippen LogP contribution in [-0.4, -0.2) is 17.0 Å². The number of imidazole rings is 1. The maximum absolute atomic E-state index is 4.83. The summed E-state index contributed by atoms with van der Waals surface area (Å²) in [5, 5.41) is 3.22. The molecule has 0 unspecified atom stereocenters. The third-order valence-electron chi connectivity index (χ3n) is 3.53. The van der Waals surface area contributed by atoms with Crippen LogP contribution < -0.4 is 5.32 Å². The van der Waals surface area contributed by atoms with Crippen LogP contribution >= 0.6 is 0 Å². The first-order chi connectivity index (χ1) is 8.79. The van der Waals surface area contributed by atoms with E-state index in [9.17, 15) is 0 Å². The molecule has 0 spiro atoms. The molecule has 1 fully saturated rings. The highest BCUT2D eigenvalue weighted by Gasteiger charge is 2.29. The molecule has 0 bridgehead atoms. The highest BCUT2D eigenvalue weighted by molar-refractivity contribution is 5.60. The van der Waals surface area contributed by atoms with Crippen LogP contribution in [0.15, 0.2) is 24.3 Å². The van der Waals surface area contributed by atoms with Crippen LogP contribution in [-0.2, 0) is 6.54 Å². The average Bonchev–Trinajstić information content (AvgIpc) is 3.13. The van der Waals surface area contributed by atoms with Crippen molar-refractivity contribution in [1.82, 2.24) is 15.3 Å². The van der Waals surface area contributed by atoms with E-state index in [1.807, 2.05) is 7.05 Å². The summed E-state index contributed by atoms with van der Waals surface area (Å²) >= 11 is 0. The molecule has 0 amide bonds. The molecule has 18 heavy (non-hydrogen) atoms. The number of benzene rings is 1. The van der Waals surface area contributed by atoms with Crippen LogP contribution in [0, 0.1) is 6.92 Å². The van der Waals surface area contributed by atoms with Gasteiger partial charge in [0.1, 0.15) is 5.82 Å². The average molecular weight is 241 g/mol.